The highest BCUT2D eigenvalue weighted by Crippen LogP contribution is 2.38. The van der Waals surface area contributed by atoms with E-state index < -0.39 is 22.0 Å². The van der Waals surface area contributed by atoms with Gasteiger partial charge in [0.1, 0.15) is 22.4 Å². The normalized spacial score (nSPS) is 11.5. The van der Waals surface area contributed by atoms with Crippen molar-refractivity contribution in [2.75, 3.05) is 24.9 Å². The van der Waals surface area contributed by atoms with E-state index in [9.17, 15) is 24.5 Å². The van der Waals surface area contributed by atoms with Crippen molar-refractivity contribution >= 4 is 52.6 Å². The van der Waals surface area contributed by atoms with E-state index in [1.54, 1.807) is 78.9 Å². The number of ether oxygens (including phenoxy) is 2. The lowest BCUT2D eigenvalue weighted by Crippen LogP contribution is -2.30. The van der Waals surface area contributed by atoms with E-state index in [0.717, 1.165) is 5.56 Å². The highest BCUT2D eigenvalue weighted by molar-refractivity contribution is 8.00. The number of nitrogens with one attached hydrogen (secondary N) is 3. The molecule has 50 heavy (non-hydrogen) atoms. The zero-order valence-electron chi connectivity index (χ0n) is 27.0. The van der Waals surface area contributed by atoms with Crippen molar-refractivity contribution < 1.29 is 28.8 Å². The van der Waals surface area contributed by atoms with Gasteiger partial charge in [-0.15, -0.1) is 11.8 Å². The SMILES string of the molecule is COc1cc(NC(=O)C(Sc2cccc(NC(=O)/C(=C\c3ccccc3[N+](=O)[O-])NC(=O)c3ccccc3)c2)c2ccccc2)cc(OC)c1. The second-order valence-electron chi connectivity index (χ2n) is 10.7. The minimum absolute atomic E-state index is 0.130. The maximum atomic E-state index is 13.8. The van der Waals surface area contributed by atoms with E-state index in [-0.39, 0.29) is 22.9 Å². The van der Waals surface area contributed by atoms with E-state index in [0.29, 0.717) is 33.3 Å². The number of thioether (sulfide) groups is 1. The van der Waals surface area contributed by atoms with Gasteiger partial charge in [-0.1, -0.05) is 66.7 Å². The lowest BCUT2D eigenvalue weighted by molar-refractivity contribution is -0.385. The van der Waals surface area contributed by atoms with Crippen LogP contribution in [0.2, 0.25) is 0 Å². The highest BCUT2D eigenvalue weighted by atomic mass is 32.2. The molecule has 5 aromatic carbocycles. The molecule has 3 N–H and O–H groups in total. The summed E-state index contributed by atoms with van der Waals surface area (Å²) >= 11 is 1.27. The van der Waals surface area contributed by atoms with Crippen molar-refractivity contribution in [3.8, 4) is 11.5 Å². The fourth-order valence-electron chi connectivity index (χ4n) is 4.84. The van der Waals surface area contributed by atoms with Crippen LogP contribution in [0.15, 0.2) is 138 Å². The minimum atomic E-state index is -0.709. The third-order valence-corrected chi connectivity index (χ3v) is 8.52. The van der Waals surface area contributed by atoms with Gasteiger partial charge in [0, 0.05) is 46.1 Å². The molecule has 0 spiro atoms. The molecule has 5 aromatic rings. The molecule has 0 aliphatic heterocycles. The molecule has 0 aliphatic rings. The smallest absolute Gasteiger partial charge is 0.276 e. The summed E-state index contributed by atoms with van der Waals surface area (Å²) in [7, 11) is 3.05. The van der Waals surface area contributed by atoms with Gasteiger partial charge in [-0.2, -0.15) is 0 Å². The third-order valence-electron chi connectivity index (χ3n) is 7.27. The van der Waals surface area contributed by atoms with Crippen LogP contribution in [0.1, 0.15) is 26.7 Å². The maximum Gasteiger partial charge on any atom is 0.276 e. The molecule has 0 bridgehead atoms. The lowest BCUT2D eigenvalue weighted by atomic mass is 10.1. The summed E-state index contributed by atoms with van der Waals surface area (Å²) in [4.78, 5) is 52.3. The molecule has 0 heterocycles. The molecular formula is C38H32N4O7S. The van der Waals surface area contributed by atoms with Crippen LogP contribution in [0.5, 0.6) is 11.5 Å². The van der Waals surface area contributed by atoms with Gasteiger partial charge in [0.25, 0.3) is 17.5 Å². The Hall–Kier alpha value is -6.40. The Kier molecular flexibility index (Phi) is 11.6. The number of nitro groups is 1. The summed E-state index contributed by atoms with van der Waals surface area (Å²) in [5.41, 5.74) is 1.59. The summed E-state index contributed by atoms with van der Waals surface area (Å²) in [6.45, 7) is 0. The zero-order chi connectivity index (χ0) is 35.5. The number of hydrogen-bond acceptors (Lipinski definition) is 8. The number of para-hydroxylation sites is 1. The second-order valence-corrected chi connectivity index (χ2v) is 11.9. The predicted molar refractivity (Wildman–Crippen MR) is 193 cm³/mol. The van der Waals surface area contributed by atoms with Crippen molar-refractivity contribution in [1.29, 1.82) is 0 Å². The first kappa shape index (κ1) is 34.9. The summed E-state index contributed by atoms with van der Waals surface area (Å²) in [5, 5.41) is 19.3. The number of amides is 3. The van der Waals surface area contributed by atoms with Crippen LogP contribution < -0.4 is 25.4 Å². The molecule has 0 saturated carbocycles. The Bertz CT molecular complexity index is 2020. The van der Waals surface area contributed by atoms with Gasteiger partial charge in [0.05, 0.1) is 24.7 Å². The number of rotatable bonds is 13. The fraction of sp³-hybridized carbons (Fsp3) is 0.0789. The van der Waals surface area contributed by atoms with Gasteiger partial charge in [0.15, 0.2) is 0 Å². The molecule has 1 unspecified atom stereocenters. The van der Waals surface area contributed by atoms with Crippen molar-refractivity contribution in [2.24, 2.45) is 0 Å². The Morgan fingerprint density at radius 3 is 2.04 bits per heavy atom. The van der Waals surface area contributed by atoms with Gasteiger partial charge in [-0.05, 0) is 48.0 Å². The van der Waals surface area contributed by atoms with E-state index in [2.05, 4.69) is 16.0 Å². The molecule has 0 radical (unpaired) electrons. The molecule has 0 aliphatic carbocycles. The zero-order valence-corrected chi connectivity index (χ0v) is 27.8. The molecule has 1 atom stereocenters. The van der Waals surface area contributed by atoms with Crippen LogP contribution >= 0.6 is 11.8 Å². The molecule has 0 aromatic heterocycles. The van der Waals surface area contributed by atoms with Crippen molar-refractivity contribution in [2.45, 2.75) is 10.1 Å². The topological polar surface area (TPSA) is 149 Å². The van der Waals surface area contributed by atoms with E-state index >= 15 is 0 Å². The average molecular weight is 689 g/mol. The molecule has 0 fully saturated rings. The number of hydrogen-bond donors (Lipinski definition) is 3. The van der Waals surface area contributed by atoms with E-state index in [4.69, 9.17) is 9.47 Å². The van der Waals surface area contributed by atoms with Crippen molar-refractivity contribution in [1.82, 2.24) is 5.32 Å². The summed E-state index contributed by atoms with van der Waals surface area (Å²) in [6.07, 6.45) is 1.26. The number of carbonyl (C=O) groups excluding carboxylic acids is 3. The van der Waals surface area contributed by atoms with Crippen LogP contribution in [0.3, 0.4) is 0 Å². The van der Waals surface area contributed by atoms with Gasteiger partial charge in [-0.25, -0.2) is 0 Å². The molecule has 5 rings (SSSR count). The third kappa shape index (κ3) is 9.14. The Morgan fingerprint density at radius 1 is 0.740 bits per heavy atom. The highest BCUT2D eigenvalue weighted by Gasteiger charge is 2.24. The predicted octanol–water partition coefficient (Wildman–Crippen LogP) is 7.49. The van der Waals surface area contributed by atoms with Crippen LogP contribution in [0, 0.1) is 10.1 Å². The molecule has 11 nitrogen and oxygen atoms in total. The first-order valence-corrected chi connectivity index (χ1v) is 16.1. The second kappa shape index (κ2) is 16.6. The summed E-state index contributed by atoms with van der Waals surface area (Å²) in [5.74, 6) is -0.548. The number of nitrogens with zero attached hydrogens (tertiary/aromatic N) is 1. The molecule has 252 valence electrons. The monoisotopic (exact) mass is 688 g/mol. The van der Waals surface area contributed by atoms with Crippen LogP contribution in [0.25, 0.3) is 6.08 Å². The fourth-order valence-corrected chi connectivity index (χ4v) is 5.93. The first-order chi connectivity index (χ1) is 24.2. The van der Waals surface area contributed by atoms with Crippen molar-refractivity contribution in [3.63, 3.8) is 0 Å². The minimum Gasteiger partial charge on any atom is -0.497 e. The number of carbonyl (C=O) groups is 3. The van der Waals surface area contributed by atoms with Gasteiger partial charge >= 0.3 is 0 Å². The van der Waals surface area contributed by atoms with E-state index in [1.165, 1.54) is 50.3 Å². The Labute approximate surface area is 292 Å². The number of methoxy groups -OCH3 is 2. The largest absolute Gasteiger partial charge is 0.497 e. The lowest BCUT2D eigenvalue weighted by Gasteiger charge is -2.18. The van der Waals surface area contributed by atoms with Gasteiger partial charge < -0.3 is 25.4 Å². The standard InChI is InChI=1S/C38H32N4O7S/c1-48-30-21-29(22-31(24-30)49-2)40-38(45)35(25-12-5-3-6-13-25)50-32-18-11-17-28(23-32)39-37(44)33(41-36(43)26-14-7-4-8-15-26)20-27-16-9-10-19-34(27)42(46)47/h3-24,35H,1-2H3,(H,39,44)(H,40,45)(H,41,43)/b33-20+. The molecule has 12 heteroatoms. The quantitative estimate of drug-likeness (QED) is 0.0499. The van der Waals surface area contributed by atoms with E-state index in [1.807, 2.05) is 30.3 Å². The number of nitro benzene ring substituents is 1. The maximum absolute atomic E-state index is 13.8. The van der Waals surface area contributed by atoms with Crippen LogP contribution in [0.4, 0.5) is 17.1 Å². The summed E-state index contributed by atoms with van der Waals surface area (Å²) < 4.78 is 10.7. The van der Waals surface area contributed by atoms with Gasteiger partial charge in [-0.3, -0.25) is 24.5 Å². The average Bonchev–Trinajstić information content (AvgIpc) is 3.14. The Morgan fingerprint density at radius 2 is 1.38 bits per heavy atom. The summed E-state index contributed by atoms with van der Waals surface area (Å²) in [6, 6.07) is 35.4. The Balaban J connectivity index is 1.41. The van der Waals surface area contributed by atoms with Crippen LogP contribution in [-0.4, -0.2) is 36.9 Å². The molecular weight excluding hydrogens is 657 g/mol. The van der Waals surface area contributed by atoms with Gasteiger partial charge in [0.2, 0.25) is 5.91 Å². The number of anilines is 2. The number of benzene rings is 5. The first-order valence-electron chi connectivity index (χ1n) is 15.2. The molecule has 3 amide bonds. The van der Waals surface area contributed by atoms with Crippen molar-refractivity contribution in [3.05, 3.63) is 160 Å². The van der Waals surface area contributed by atoms with Crippen LogP contribution in [-0.2, 0) is 9.59 Å². The molecule has 0 saturated heterocycles.